The monoisotopic (exact) mass is 482 g/mol. The molecule has 2 fully saturated rings. The fraction of sp³-hybridized carbons (Fsp3) is 0.440. The number of rotatable bonds is 4. The second-order valence-electron chi connectivity index (χ2n) is 9.10. The molecule has 180 valence electrons. The molecule has 8 nitrogen and oxygen atoms in total. The van der Waals surface area contributed by atoms with Gasteiger partial charge in [0.05, 0.1) is 6.04 Å². The lowest BCUT2D eigenvalue weighted by atomic mass is 10.0. The first-order valence-corrected chi connectivity index (χ1v) is 11.7. The van der Waals surface area contributed by atoms with Gasteiger partial charge in [0.15, 0.2) is 0 Å². The van der Waals surface area contributed by atoms with Crippen LogP contribution in [0.2, 0.25) is 0 Å². The van der Waals surface area contributed by atoms with Gasteiger partial charge in [-0.05, 0) is 56.5 Å². The van der Waals surface area contributed by atoms with Gasteiger partial charge in [-0.1, -0.05) is 24.3 Å². The van der Waals surface area contributed by atoms with Gasteiger partial charge in [-0.15, -0.1) is 12.4 Å². The Kier molecular flexibility index (Phi) is 7.19. The van der Waals surface area contributed by atoms with Gasteiger partial charge in [0.1, 0.15) is 5.65 Å². The molecule has 4 heterocycles. The van der Waals surface area contributed by atoms with Crippen LogP contribution in [-0.2, 0) is 4.79 Å². The molecule has 5 rings (SSSR count). The maximum absolute atomic E-state index is 13.9. The van der Waals surface area contributed by atoms with Crippen molar-refractivity contribution in [3.8, 4) is 11.1 Å². The number of hydrogen-bond acceptors (Lipinski definition) is 6. The first-order chi connectivity index (χ1) is 16.0. The van der Waals surface area contributed by atoms with E-state index in [1.165, 1.54) is 0 Å². The third-order valence-corrected chi connectivity index (χ3v) is 6.85. The smallest absolute Gasteiger partial charge is 0.260 e. The molecular weight excluding hydrogens is 452 g/mol. The Morgan fingerprint density at radius 2 is 1.91 bits per heavy atom. The number of carbonyl (C=O) groups is 1. The second kappa shape index (κ2) is 10.1. The number of hydrogen-bond donors (Lipinski definition) is 2. The predicted molar refractivity (Wildman–Crippen MR) is 137 cm³/mol. The first-order valence-electron chi connectivity index (χ1n) is 11.7. The van der Waals surface area contributed by atoms with Gasteiger partial charge in [0, 0.05) is 43.2 Å². The number of amides is 1. The number of halogens is 1. The van der Waals surface area contributed by atoms with Gasteiger partial charge in [-0.25, -0.2) is 4.98 Å². The van der Waals surface area contributed by atoms with E-state index in [0.717, 1.165) is 48.9 Å². The number of nitrogens with one attached hydrogen (secondary N) is 2. The van der Waals surface area contributed by atoms with Crippen molar-refractivity contribution >= 4 is 35.3 Å². The number of anilines is 1. The van der Waals surface area contributed by atoms with Crippen LogP contribution in [0.3, 0.4) is 0 Å². The Morgan fingerprint density at radius 3 is 2.62 bits per heavy atom. The SMILES string of the molecule is CC(=O)N1CC[C@H](n2c(=O)c(-c3ccccc3C)cc3cnc(NC4CCNCC4)nc32)C1.Cl. The van der Waals surface area contributed by atoms with Gasteiger partial charge in [0.2, 0.25) is 11.9 Å². The number of nitrogens with zero attached hydrogens (tertiary/aromatic N) is 4. The van der Waals surface area contributed by atoms with Crippen molar-refractivity contribution in [2.45, 2.75) is 45.2 Å². The van der Waals surface area contributed by atoms with E-state index in [9.17, 15) is 9.59 Å². The minimum absolute atomic E-state index is 0. The minimum atomic E-state index is -0.116. The Bertz CT molecular complexity index is 1250. The number of carbonyl (C=O) groups excluding carboxylic acids is 1. The maximum atomic E-state index is 13.9. The second-order valence-corrected chi connectivity index (χ2v) is 9.10. The van der Waals surface area contributed by atoms with E-state index in [-0.39, 0.29) is 29.9 Å². The van der Waals surface area contributed by atoms with Crippen LogP contribution in [0, 0.1) is 6.92 Å². The zero-order valence-corrected chi connectivity index (χ0v) is 20.4. The van der Waals surface area contributed by atoms with Crippen molar-refractivity contribution in [2.75, 3.05) is 31.5 Å². The average Bonchev–Trinajstić information content (AvgIpc) is 3.30. The van der Waals surface area contributed by atoms with Crippen LogP contribution in [-0.4, -0.2) is 57.6 Å². The number of benzene rings is 1. The lowest BCUT2D eigenvalue weighted by Crippen LogP contribution is -2.36. The highest BCUT2D eigenvalue weighted by molar-refractivity contribution is 5.85. The van der Waals surface area contributed by atoms with Crippen molar-refractivity contribution in [3.63, 3.8) is 0 Å². The number of aryl methyl sites for hydroxylation is 1. The molecule has 0 aliphatic carbocycles. The predicted octanol–water partition coefficient (Wildman–Crippen LogP) is 3.15. The standard InChI is InChI=1S/C25H30N6O2.ClH/c1-16-5-3-4-6-21(16)22-13-18-14-27-25(28-19-7-10-26-11-8-19)29-23(18)31(24(22)33)20-9-12-30(15-20)17(2)32;/h3-6,13-14,19-20,26H,7-12,15H2,1-2H3,(H,27,28,29);1H/t20-;/m0./s1. The lowest BCUT2D eigenvalue weighted by Gasteiger charge is -2.24. The average molecular weight is 483 g/mol. The summed E-state index contributed by atoms with van der Waals surface area (Å²) in [4.78, 5) is 37.0. The Hall–Kier alpha value is -2.97. The third kappa shape index (κ3) is 4.65. The Labute approximate surface area is 205 Å². The Balaban J connectivity index is 0.00000274. The van der Waals surface area contributed by atoms with E-state index in [1.807, 2.05) is 37.3 Å². The molecule has 2 aliphatic rings. The zero-order chi connectivity index (χ0) is 22.9. The van der Waals surface area contributed by atoms with Gasteiger partial charge in [-0.2, -0.15) is 4.98 Å². The molecule has 9 heteroatoms. The van der Waals surface area contributed by atoms with Crippen LogP contribution in [0.25, 0.3) is 22.2 Å². The number of pyridine rings is 1. The molecule has 34 heavy (non-hydrogen) atoms. The van der Waals surface area contributed by atoms with Crippen LogP contribution in [0.1, 0.15) is 37.8 Å². The molecule has 2 aromatic heterocycles. The molecule has 2 N–H and O–H groups in total. The van der Waals surface area contributed by atoms with Crippen LogP contribution in [0.4, 0.5) is 5.95 Å². The molecule has 0 radical (unpaired) electrons. The fourth-order valence-electron chi connectivity index (χ4n) is 4.98. The minimum Gasteiger partial charge on any atom is -0.351 e. The molecule has 0 bridgehead atoms. The summed E-state index contributed by atoms with van der Waals surface area (Å²) in [6, 6.07) is 10.0. The number of likely N-dealkylation sites (tertiary alicyclic amines) is 1. The topological polar surface area (TPSA) is 92.2 Å². The molecule has 2 aliphatic heterocycles. The van der Waals surface area contributed by atoms with Gasteiger partial charge in [-0.3, -0.25) is 14.2 Å². The van der Waals surface area contributed by atoms with Crippen molar-refractivity contribution in [3.05, 3.63) is 52.4 Å². The summed E-state index contributed by atoms with van der Waals surface area (Å²) < 4.78 is 1.80. The largest absolute Gasteiger partial charge is 0.351 e. The van der Waals surface area contributed by atoms with E-state index in [1.54, 1.807) is 22.6 Å². The molecule has 0 spiro atoms. The summed E-state index contributed by atoms with van der Waals surface area (Å²) in [7, 11) is 0. The molecule has 1 amide bonds. The summed E-state index contributed by atoms with van der Waals surface area (Å²) in [6.07, 6.45) is 4.56. The van der Waals surface area contributed by atoms with Crippen LogP contribution < -0.4 is 16.2 Å². The van der Waals surface area contributed by atoms with Crippen LogP contribution >= 0.6 is 12.4 Å². The summed E-state index contributed by atoms with van der Waals surface area (Å²) in [6.45, 7) is 6.70. The quantitative estimate of drug-likeness (QED) is 0.593. The van der Waals surface area contributed by atoms with Crippen molar-refractivity contribution in [2.24, 2.45) is 0 Å². The van der Waals surface area contributed by atoms with E-state index >= 15 is 0 Å². The summed E-state index contributed by atoms with van der Waals surface area (Å²) in [5.74, 6) is 0.584. The highest BCUT2D eigenvalue weighted by atomic mass is 35.5. The van der Waals surface area contributed by atoms with Crippen LogP contribution in [0.5, 0.6) is 0 Å². The highest BCUT2D eigenvalue weighted by Crippen LogP contribution is 2.28. The summed E-state index contributed by atoms with van der Waals surface area (Å²) in [5, 5.41) is 7.64. The molecule has 0 unspecified atom stereocenters. The van der Waals surface area contributed by atoms with Gasteiger partial charge in [0.25, 0.3) is 5.56 Å². The van der Waals surface area contributed by atoms with Gasteiger partial charge < -0.3 is 15.5 Å². The maximum Gasteiger partial charge on any atom is 0.260 e. The number of aromatic nitrogens is 3. The number of piperidine rings is 1. The summed E-state index contributed by atoms with van der Waals surface area (Å²) >= 11 is 0. The lowest BCUT2D eigenvalue weighted by molar-refractivity contribution is -0.127. The van der Waals surface area contributed by atoms with Crippen molar-refractivity contribution < 1.29 is 4.79 Å². The van der Waals surface area contributed by atoms with E-state index < -0.39 is 0 Å². The zero-order valence-electron chi connectivity index (χ0n) is 19.6. The fourth-order valence-corrected chi connectivity index (χ4v) is 4.98. The van der Waals surface area contributed by atoms with E-state index in [0.29, 0.717) is 36.3 Å². The first kappa shape index (κ1) is 24.2. The number of fused-ring (bicyclic) bond motifs is 1. The third-order valence-electron chi connectivity index (χ3n) is 6.85. The molecule has 1 atom stereocenters. The molecular formula is C25H31ClN6O2. The van der Waals surface area contributed by atoms with E-state index in [4.69, 9.17) is 4.98 Å². The van der Waals surface area contributed by atoms with E-state index in [2.05, 4.69) is 15.6 Å². The normalized spacial score (nSPS) is 18.6. The summed E-state index contributed by atoms with van der Waals surface area (Å²) in [5.41, 5.74) is 3.15. The molecule has 0 saturated carbocycles. The molecule has 2 saturated heterocycles. The highest BCUT2D eigenvalue weighted by Gasteiger charge is 2.29. The van der Waals surface area contributed by atoms with Crippen LogP contribution in [0.15, 0.2) is 41.3 Å². The van der Waals surface area contributed by atoms with Gasteiger partial charge >= 0.3 is 0 Å². The Morgan fingerprint density at radius 1 is 1.15 bits per heavy atom. The molecule has 1 aromatic carbocycles. The van der Waals surface area contributed by atoms with Crippen molar-refractivity contribution in [1.29, 1.82) is 0 Å². The van der Waals surface area contributed by atoms with Crippen molar-refractivity contribution in [1.82, 2.24) is 24.8 Å². The molecule has 3 aromatic rings.